The van der Waals surface area contributed by atoms with Crippen molar-refractivity contribution < 1.29 is 5.11 Å². The van der Waals surface area contributed by atoms with Gasteiger partial charge in [-0.2, -0.15) is 0 Å². The lowest BCUT2D eigenvalue weighted by Crippen LogP contribution is -2.58. The molecule has 6 heteroatoms. The molecule has 1 saturated heterocycles. The van der Waals surface area contributed by atoms with Crippen molar-refractivity contribution in [2.24, 2.45) is 11.5 Å². The maximum absolute atomic E-state index is 9.90. The number of hydrogen-bond donors (Lipinski definition) is 5. The molecule has 1 atom stereocenters. The predicted molar refractivity (Wildman–Crippen MR) is 82.9 cm³/mol. The Morgan fingerprint density at radius 3 is 2.95 bits per heavy atom. The van der Waals surface area contributed by atoms with E-state index in [0.717, 1.165) is 31.9 Å². The molecule has 1 aromatic carbocycles. The first-order valence-corrected chi connectivity index (χ1v) is 7.13. The molecule has 0 aliphatic carbocycles. The van der Waals surface area contributed by atoms with Gasteiger partial charge in [-0.05, 0) is 18.2 Å². The third-order valence-corrected chi connectivity index (χ3v) is 3.97. The minimum absolute atomic E-state index is 0.172. The minimum atomic E-state index is 0.172. The molecule has 0 aromatic heterocycles. The van der Waals surface area contributed by atoms with Gasteiger partial charge in [-0.1, -0.05) is 12.1 Å². The molecule has 3 rings (SSSR count). The van der Waals surface area contributed by atoms with Crippen LogP contribution in [0.25, 0.3) is 5.70 Å². The number of rotatable bonds is 2. The Labute approximate surface area is 124 Å². The van der Waals surface area contributed by atoms with E-state index in [4.69, 9.17) is 11.5 Å². The standard InChI is InChI=1S/C15H21N5O/c16-12(11-3-1-2-4-14(11)21)7-13-15(17)19-9-10-8-18-5-6-20(10)13/h1-4,7,10,18-19,21H,5-6,8-9,16-17H2/b12-7-. The Bertz CT molecular complexity index is 595. The lowest BCUT2D eigenvalue weighted by Gasteiger charge is -2.42. The summed E-state index contributed by atoms with van der Waals surface area (Å²) in [6.45, 7) is 3.57. The fourth-order valence-corrected chi connectivity index (χ4v) is 2.84. The van der Waals surface area contributed by atoms with Crippen LogP contribution in [0.4, 0.5) is 0 Å². The summed E-state index contributed by atoms with van der Waals surface area (Å²) in [4.78, 5) is 2.27. The second-order valence-electron chi connectivity index (χ2n) is 5.35. The van der Waals surface area contributed by atoms with Crippen LogP contribution >= 0.6 is 0 Å². The van der Waals surface area contributed by atoms with Crippen LogP contribution in [-0.4, -0.2) is 42.2 Å². The van der Waals surface area contributed by atoms with Crippen LogP contribution in [0.15, 0.2) is 41.9 Å². The smallest absolute Gasteiger partial charge is 0.124 e. The monoisotopic (exact) mass is 287 g/mol. The molecule has 2 heterocycles. The molecule has 1 aromatic rings. The molecular formula is C15H21N5O. The third kappa shape index (κ3) is 2.62. The lowest BCUT2D eigenvalue weighted by molar-refractivity contribution is 0.195. The highest BCUT2D eigenvalue weighted by molar-refractivity contribution is 5.70. The van der Waals surface area contributed by atoms with Gasteiger partial charge in [0.2, 0.25) is 0 Å². The summed E-state index contributed by atoms with van der Waals surface area (Å²) in [5.74, 6) is 0.803. The van der Waals surface area contributed by atoms with Crippen molar-refractivity contribution in [1.82, 2.24) is 15.5 Å². The highest BCUT2D eigenvalue weighted by atomic mass is 16.3. The summed E-state index contributed by atoms with van der Waals surface area (Å²) in [5.41, 5.74) is 14.3. The number of phenols is 1. The van der Waals surface area contributed by atoms with E-state index < -0.39 is 0 Å². The van der Waals surface area contributed by atoms with Crippen molar-refractivity contribution in [3.8, 4) is 5.75 Å². The van der Waals surface area contributed by atoms with Gasteiger partial charge < -0.3 is 32.1 Å². The quantitative estimate of drug-likeness (QED) is 0.512. The second-order valence-corrected chi connectivity index (χ2v) is 5.35. The number of nitrogens with two attached hydrogens (primary N) is 2. The van der Waals surface area contributed by atoms with Gasteiger partial charge in [-0.25, -0.2) is 0 Å². The van der Waals surface area contributed by atoms with E-state index in [0.29, 0.717) is 23.1 Å². The van der Waals surface area contributed by atoms with E-state index in [1.165, 1.54) is 0 Å². The molecule has 0 radical (unpaired) electrons. The summed E-state index contributed by atoms with van der Waals surface area (Å²) in [6, 6.07) is 7.41. The van der Waals surface area contributed by atoms with Gasteiger partial charge in [0, 0.05) is 37.4 Å². The average Bonchev–Trinajstić information content (AvgIpc) is 2.50. The molecule has 0 saturated carbocycles. The number of phenolic OH excluding ortho intramolecular Hbond substituents is 1. The maximum Gasteiger partial charge on any atom is 0.124 e. The summed E-state index contributed by atoms with van der Waals surface area (Å²) in [7, 11) is 0. The van der Waals surface area contributed by atoms with Gasteiger partial charge in [-0.15, -0.1) is 0 Å². The van der Waals surface area contributed by atoms with Crippen LogP contribution in [-0.2, 0) is 0 Å². The molecule has 7 N–H and O–H groups in total. The van der Waals surface area contributed by atoms with Crippen molar-refractivity contribution in [2.75, 3.05) is 26.2 Å². The largest absolute Gasteiger partial charge is 0.507 e. The van der Waals surface area contributed by atoms with Crippen LogP contribution < -0.4 is 22.1 Å². The Morgan fingerprint density at radius 1 is 1.33 bits per heavy atom. The number of hydrogen-bond acceptors (Lipinski definition) is 6. The summed E-state index contributed by atoms with van der Waals surface area (Å²) >= 11 is 0. The number of para-hydroxylation sites is 1. The number of fused-ring (bicyclic) bond motifs is 1. The molecule has 21 heavy (non-hydrogen) atoms. The zero-order chi connectivity index (χ0) is 14.8. The second kappa shape index (κ2) is 5.57. The van der Waals surface area contributed by atoms with Gasteiger partial charge in [-0.3, -0.25) is 0 Å². The van der Waals surface area contributed by atoms with Crippen LogP contribution in [0.1, 0.15) is 5.56 Å². The van der Waals surface area contributed by atoms with Crippen molar-refractivity contribution in [3.63, 3.8) is 0 Å². The maximum atomic E-state index is 9.90. The molecule has 1 fully saturated rings. The van der Waals surface area contributed by atoms with E-state index in [2.05, 4.69) is 15.5 Å². The average molecular weight is 287 g/mol. The number of nitrogens with one attached hydrogen (secondary N) is 2. The molecule has 6 nitrogen and oxygen atoms in total. The third-order valence-electron chi connectivity index (χ3n) is 3.97. The van der Waals surface area contributed by atoms with Crippen molar-refractivity contribution in [2.45, 2.75) is 6.04 Å². The van der Waals surface area contributed by atoms with Crippen LogP contribution in [0.3, 0.4) is 0 Å². The number of allylic oxidation sites excluding steroid dienone is 1. The SMILES string of the molecule is NC1=C(/C=C(\N)c2ccccc2O)N2CCNCC2CN1. The highest BCUT2D eigenvalue weighted by Crippen LogP contribution is 2.25. The Morgan fingerprint density at radius 2 is 2.14 bits per heavy atom. The zero-order valence-electron chi connectivity index (χ0n) is 11.8. The molecule has 112 valence electrons. The Balaban J connectivity index is 1.94. The first-order valence-electron chi connectivity index (χ1n) is 7.13. The lowest BCUT2D eigenvalue weighted by atomic mass is 10.1. The van der Waals surface area contributed by atoms with Gasteiger partial charge in [0.25, 0.3) is 0 Å². The van der Waals surface area contributed by atoms with E-state index in [1.807, 2.05) is 12.1 Å². The van der Waals surface area contributed by atoms with Crippen LogP contribution in [0, 0.1) is 0 Å². The van der Waals surface area contributed by atoms with Crippen molar-refractivity contribution in [3.05, 3.63) is 47.4 Å². The van der Waals surface area contributed by atoms with Gasteiger partial charge in [0.15, 0.2) is 0 Å². The fraction of sp³-hybridized carbons (Fsp3) is 0.333. The topological polar surface area (TPSA) is 99.6 Å². The first kappa shape index (κ1) is 13.6. The molecule has 2 aliphatic heterocycles. The minimum Gasteiger partial charge on any atom is -0.507 e. The zero-order valence-corrected chi connectivity index (χ0v) is 11.8. The molecule has 0 bridgehead atoms. The van der Waals surface area contributed by atoms with Crippen molar-refractivity contribution >= 4 is 5.70 Å². The Hall–Kier alpha value is -2.34. The number of benzene rings is 1. The van der Waals surface area contributed by atoms with E-state index in [-0.39, 0.29) is 5.75 Å². The molecule has 0 amide bonds. The molecule has 2 aliphatic rings. The fourth-order valence-electron chi connectivity index (χ4n) is 2.84. The van der Waals surface area contributed by atoms with Crippen molar-refractivity contribution in [1.29, 1.82) is 0 Å². The van der Waals surface area contributed by atoms with Gasteiger partial charge in [0.05, 0.1) is 11.7 Å². The van der Waals surface area contributed by atoms with Gasteiger partial charge in [0.1, 0.15) is 11.6 Å². The summed E-state index contributed by atoms with van der Waals surface area (Å²) in [5, 5.41) is 16.5. The van der Waals surface area contributed by atoms with Crippen LogP contribution in [0.2, 0.25) is 0 Å². The number of nitrogens with zero attached hydrogens (tertiary/aromatic N) is 1. The number of piperazine rings is 1. The molecule has 0 spiro atoms. The first-order chi connectivity index (χ1) is 10.2. The van der Waals surface area contributed by atoms with Gasteiger partial charge >= 0.3 is 0 Å². The molecular weight excluding hydrogens is 266 g/mol. The van der Waals surface area contributed by atoms with Crippen LogP contribution in [0.5, 0.6) is 5.75 Å². The normalized spacial score (nSPS) is 22.8. The molecule has 1 unspecified atom stereocenters. The van der Waals surface area contributed by atoms with E-state index in [1.54, 1.807) is 18.2 Å². The predicted octanol–water partition coefficient (Wildman–Crippen LogP) is -0.303. The Kier molecular flexibility index (Phi) is 3.62. The summed E-state index contributed by atoms with van der Waals surface area (Å²) < 4.78 is 0. The van der Waals surface area contributed by atoms with E-state index in [9.17, 15) is 5.11 Å². The highest BCUT2D eigenvalue weighted by Gasteiger charge is 2.28. The number of aromatic hydroxyl groups is 1. The summed E-state index contributed by atoms with van der Waals surface area (Å²) in [6.07, 6.45) is 1.84. The van der Waals surface area contributed by atoms with E-state index >= 15 is 0 Å².